The molecule has 4 nitrogen and oxygen atoms in total. The first-order chi connectivity index (χ1) is 8.13. The molecule has 0 aliphatic heterocycles. The number of ether oxygens (including phenoxy) is 1. The average Bonchev–Trinajstić information content (AvgIpc) is 2.34. The second-order valence-electron chi connectivity index (χ2n) is 3.16. The van der Waals surface area contributed by atoms with E-state index in [2.05, 4.69) is 32.6 Å². The van der Waals surface area contributed by atoms with Crippen molar-refractivity contribution in [2.24, 2.45) is 0 Å². The summed E-state index contributed by atoms with van der Waals surface area (Å²) >= 11 is 2.17. The van der Waals surface area contributed by atoms with E-state index < -0.39 is 0 Å². The lowest BCUT2D eigenvalue weighted by Crippen LogP contribution is -2.19. The summed E-state index contributed by atoms with van der Waals surface area (Å²) in [5.41, 5.74) is 0.613. The molecular weight excluding hydrogens is 333 g/mol. The molecule has 0 saturated carbocycles. The van der Waals surface area contributed by atoms with Crippen molar-refractivity contribution in [1.82, 2.24) is 5.32 Å². The maximum atomic E-state index is 11.6. The summed E-state index contributed by atoms with van der Waals surface area (Å²) in [6.45, 7) is 0.0486. The number of carbonyl (C=O) groups is 2. The first kappa shape index (κ1) is 13.7. The summed E-state index contributed by atoms with van der Waals surface area (Å²) in [5.74, 6) is -0.491. The standard InChI is InChI=1S/C12H12INO3/c1-17-12(16)8-14-7-6-11(15)9-2-4-10(13)5-3-9/h2-7,14H,8H2,1H3. The van der Waals surface area contributed by atoms with Gasteiger partial charge in [-0.1, -0.05) is 12.1 Å². The Morgan fingerprint density at radius 2 is 2.00 bits per heavy atom. The number of ketones is 1. The molecule has 17 heavy (non-hydrogen) atoms. The Hall–Kier alpha value is -1.37. The molecule has 0 amide bonds. The van der Waals surface area contributed by atoms with Gasteiger partial charge in [0.05, 0.1) is 7.11 Å². The lowest BCUT2D eigenvalue weighted by Gasteiger charge is -1.98. The van der Waals surface area contributed by atoms with Crippen LogP contribution < -0.4 is 5.32 Å². The van der Waals surface area contributed by atoms with Crippen molar-refractivity contribution in [3.8, 4) is 0 Å². The Labute approximate surface area is 113 Å². The van der Waals surface area contributed by atoms with E-state index in [1.807, 2.05) is 12.1 Å². The fourth-order valence-electron chi connectivity index (χ4n) is 1.06. The third-order valence-corrected chi connectivity index (χ3v) is 2.67. The van der Waals surface area contributed by atoms with Crippen LogP contribution in [0.5, 0.6) is 0 Å². The maximum Gasteiger partial charge on any atom is 0.325 e. The van der Waals surface area contributed by atoms with Gasteiger partial charge in [-0.15, -0.1) is 0 Å². The predicted octanol–water partition coefficient (Wildman–Crippen LogP) is 1.75. The number of halogens is 1. The van der Waals surface area contributed by atoms with Crippen LogP contribution in [0.25, 0.3) is 0 Å². The number of nitrogens with one attached hydrogen (secondary N) is 1. The highest BCUT2D eigenvalue weighted by atomic mass is 127. The predicted molar refractivity (Wildman–Crippen MR) is 72.6 cm³/mol. The van der Waals surface area contributed by atoms with Crippen LogP contribution in [0.15, 0.2) is 36.5 Å². The first-order valence-corrected chi connectivity index (χ1v) is 5.98. The zero-order valence-corrected chi connectivity index (χ0v) is 11.4. The van der Waals surface area contributed by atoms with Crippen LogP contribution in [-0.2, 0) is 9.53 Å². The Bertz CT molecular complexity index is 426. The van der Waals surface area contributed by atoms with Crippen molar-refractivity contribution in [2.75, 3.05) is 13.7 Å². The molecule has 0 atom stereocenters. The molecule has 0 unspecified atom stereocenters. The van der Waals surface area contributed by atoms with Gasteiger partial charge >= 0.3 is 5.97 Å². The third-order valence-electron chi connectivity index (χ3n) is 1.96. The molecule has 1 aromatic carbocycles. The molecule has 1 rings (SSSR count). The van der Waals surface area contributed by atoms with Gasteiger partial charge < -0.3 is 10.1 Å². The molecule has 0 radical (unpaired) electrons. The topological polar surface area (TPSA) is 55.4 Å². The van der Waals surface area contributed by atoms with Crippen molar-refractivity contribution >= 4 is 34.3 Å². The molecule has 0 heterocycles. The Balaban J connectivity index is 2.46. The molecule has 0 aliphatic rings. The average molecular weight is 345 g/mol. The molecule has 0 bridgehead atoms. The summed E-state index contributed by atoms with van der Waals surface area (Å²) in [7, 11) is 1.31. The summed E-state index contributed by atoms with van der Waals surface area (Å²) < 4.78 is 5.51. The largest absolute Gasteiger partial charge is 0.468 e. The summed E-state index contributed by atoms with van der Waals surface area (Å²) in [5, 5.41) is 2.67. The van der Waals surface area contributed by atoms with Crippen molar-refractivity contribution in [2.45, 2.75) is 0 Å². The fourth-order valence-corrected chi connectivity index (χ4v) is 1.42. The van der Waals surface area contributed by atoms with E-state index in [9.17, 15) is 9.59 Å². The highest BCUT2D eigenvalue weighted by Crippen LogP contribution is 2.07. The van der Waals surface area contributed by atoms with Crippen LogP contribution in [-0.4, -0.2) is 25.4 Å². The van der Waals surface area contributed by atoms with Gasteiger partial charge in [0.2, 0.25) is 0 Å². The minimum absolute atomic E-state index is 0.0486. The van der Waals surface area contributed by atoms with Gasteiger partial charge in [0.15, 0.2) is 5.78 Å². The molecule has 1 N–H and O–H groups in total. The molecule has 0 fully saturated rings. The lowest BCUT2D eigenvalue weighted by molar-refractivity contribution is -0.139. The van der Waals surface area contributed by atoms with Gasteiger partial charge in [0, 0.05) is 21.4 Å². The number of hydrogen-bond acceptors (Lipinski definition) is 4. The van der Waals surface area contributed by atoms with Gasteiger partial charge in [-0.3, -0.25) is 9.59 Å². The minimum Gasteiger partial charge on any atom is -0.468 e. The highest BCUT2D eigenvalue weighted by Gasteiger charge is 2.00. The Morgan fingerprint density at radius 1 is 1.35 bits per heavy atom. The van der Waals surface area contributed by atoms with E-state index in [1.54, 1.807) is 12.1 Å². The van der Waals surface area contributed by atoms with Gasteiger partial charge in [0.25, 0.3) is 0 Å². The van der Waals surface area contributed by atoms with Crippen molar-refractivity contribution in [3.05, 3.63) is 45.7 Å². The van der Waals surface area contributed by atoms with Crippen LogP contribution in [0.2, 0.25) is 0 Å². The number of esters is 1. The highest BCUT2D eigenvalue weighted by molar-refractivity contribution is 14.1. The van der Waals surface area contributed by atoms with E-state index in [1.165, 1.54) is 19.4 Å². The Kier molecular flexibility index (Phi) is 5.68. The van der Waals surface area contributed by atoms with Crippen LogP contribution in [0.4, 0.5) is 0 Å². The van der Waals surface area contributed by atoms with Gasteiger partial charge in [-0.05, 0) is 34.7 Å². The van der Waals surface area contributed by atoms with E-state index in [0.29, 0.717) is 5.56 Å². The van der Waals surface area contributed by atoms with Crippen molar-refractivity contribution in [3.63, 3.8) is 0 Å². The van der Waals surface area contributed by atoms with E-state index in [-0.39, 0.29) is 18.3 Å². The molecule has 1 aromatic rings. The number of methoxy groups -OCH3 is 1. The van der Waals surface area contributed by atoms with Crippen molar-refractivity contribution in [1.29, 1.82) is 0 Å². The molecular formula is C12H12INO3. The van der Waals surface area contributed by atoms with Crippen molar-refractivity contribution < 1.29 is 14.3 Å². The number of hydrogen-bond donors (Lipinski definition) is 1. The van der Waals surface area contributed by atoms with Crippen LogP contribution in [0, 0.1) is 3.57 Å². The second-order valence-corrected chi connectivity index (χ2v) is 4.41. The Morgan fingerprint density at radius 3 is 2.59 bits per heavy atom. The molecule has 0 saturated heterocycles. The lowest BCUT2D eigenvalue weighted by atomic mass is 10.1. The number of rotatable bonds is 5. The second kappa shape index (κ2) is 7.05. The zero-order chi connectivity index (χ0) is 12.7. The summed E-state index contributed by atoms with van der Waals surface area (Å²) in [6, 6.07) is 7.25. The van der Waals surface area contributed by atoms with Gasteiger partial charge in [-0.25, -0.2) is 0 Å². The van der Waals surface area contributed by atoms with E-state index >= 15 is 0 Å². The number of benzene rings is 1. The summed E-state index contributed by atoms with van der Waals surface area (Å²) in [4.78, 5) is 22.4. The maximum absolute atomic E-state index is 11.6. The zero-order valence-electron chi connectivity index (χ0n) is 9.27. The van der Waals surface area contributed by atoms with Crippen LogP contribution >= 0.6 is 22.6 Å². The molecule has 0 aliphatic carbocycles. The normalized spacial score (nSPS) is 10.2. The molecule has 0 aromatic heterocycles. The summed E-state index contributed by atoms with van der Waals surface area (Å²) in [6.07, 6.45) is 2.82. The SMILES string of the molecule is COC(=O)CNC=CC(=O)c1ccc(I)cc1. The molecule has 0 spiro atoms. The van der Waals surface area contributed by atoms with Crippen LogP contribution in [0.3, 0.4) is 0 Å². The molecule has 5 heteroatoms. The quantitative estimate of drug-likeness (QED) is 0.382. The van der Waals surface area contributed by atoms with Gasteiger partial charge in [0.1, 0.15) is 6.54 Å². The molecule has 90 valence electrons. The third kappa shape index (κ3) is 4.99. The monoisotopic (exact) mass is 345 g/mol. The number of carbonyl (C=O) groups excluding carboxylic acids is 2. The van der Waals surface area contributed by atoms with E-state index in [4.69, 9.17) is 0 Å². The van der Waals surface area contributed by atoms with E-state index in [0.717, 1.165) is 3.57 Å². The minimum atomic E-state index is -0.378. The van der Waals surface area contributed by atoms with Gasteiger partial charge in [-0.2, -0.15) is 0 Å². The first-order valence-electron chi connectivity index (χ1n) is 4.90. The van der Waals surface area contributed by atoms with Crippen LogP contribution in [0.1, 0.15) is 10.4 Å². The number of allylic oxidation sites excluding steroid dienone is 1. The fraction of sp³-hybridized carbons (Fsp3) is 0.167. The smallest absolute Gasteiger partial charge is 0.325 e.